The predicted molar refractivity (Wildman–Crippen MR) is 75.4 cm³/mol. The molecule has 2 aromatic rings. The second-order valence-corrected chi connectivity index (χ2v) is 4.95. The summed E-state index contributed by atoms with van der Waals surface area (Å²) in [5.74, 6) is -0.0686. The highest BCUT2D eigenvalue weighted by atomic mass is 127. The molecule has 90 valence electrons. The molecule has 18 heavy (non-hydrogen) atoms. The molecule has 0 spiro atoms. The molecule has 7 heteroatoms. The van der Waals surface area contributed by atoms with Gasteiger partial charge in [-0.25, -0.2) is 0 Å². The molecule has 1 aromatic heterocycles. The summed E-state index contributed by atoms with van der Waals surface area (Å²) in [6.07, 6.45) is 1.35. The molecule has 0 unspecified atom stereocenters. The molecule has 0 aliphatic carbocycles. The molecular formula is C11H6ClIN4O. The van der Waals surface area contributed by atoms with Crippen LogP contribution in [-0.2, 0) is 0 Å². The normalized spacial score (nSPS) is 9.83. The molecule has 0 saturated heterocycles. The Kier molecular flexibility index (Phi) is 3.84. The number of carbonyl (C=O) groups excluding carboxylic acids is 1. The molecule has 1 aromatic carbocycles. The topological polar surface area (TPSA) is 81.6 Å². The molecule has 1 amide bonds. The van der Waals surface area contributed by atoms with Crippen molar-refractivity contribution in [2.75, 3.05) is 5.32 Å². The number of rotatable bonds is 2. The second kappa shape index (κ2) is 5.37. The van der Waals surface area contributed by atoms with E-state index in [1.165, 1.54) is 6.20 Å². The number of nitrogens with one attached hydrogen (secondary N) is 2. The van der Waals surface area contributed by atoms with Crippen LogP contribution in [0.15, 0.2) is 24.4 Å². The Labute approximate surface area is 121 Å². The summed E-state index contributed by atoms with van der Waals surface area (Å²) < 4.78 is 0.771. The Morgan fingerprint density at radius 3 is 3.06 bits per heavy atom. The Hall–Kier alpha value is -1.59. The van der Waals surface area contributed by atoms with Crippen molar-refractivity contribution in [1.82, 2.24) is 10.2 Å². The van der Waals surface area contributed by atoms with Crippen molar-refractivity contribution >= 4 is 45.9 Å². The molecule has 0 atom stereocenters. The van der Waals surface area contributed by atoms with E-state index in [-0.39, 0.29) is 17.3 Å². The van der Waals surface area contributed by atoms with Gasteiger partial charge >= 0.3 is 0 Å². The SMILES string of the molecule is N#Cc1cn[nH]c1NC(=O)c1cc(Cl)ccc1I. The van der Waals surface area contributed by atoms with E-state index in [1.807, 2.05) is 28.7 Å². The van der Waals surface area contributed by atoms with Gasteiger partial charge in [-0.15, -0.1) is 0 Å². The third-order valence-corrected chi connectivity index (χ3v) is 3.35. The highest BCUT2D eigenvalue weighted by molar-refractivity contribution is 14.1. The fourth-order valence-electron chi connectivity index (χ4n) is 1.32. The number of H-pyrrole nitrogens is 1. The molecule has 2 rings (SSSR count). The number of aromatic amines is 1. The van der Waals surface area contributed by atoms with Gasteiger partial charge in [0.05, 0.1) is 11.8 Å². The first-order valence-corrected chi connectivity index (χ1v) is 6.27. The van der Waals surface area contributed by atoms with Crippen molar-refractivity contribution in [1.29, 1.82) is 5.26 Å². The van der Waals surface area contributed by atoms with Gasteiger partial charge in [0.15, 0.2) is 0 Å². The largest absolute Gasteiger partial charge is 0.306 e. The number of aromatic nitrogens is 2. The maximum absolute atomic E-state index is 12.0. The maximum Gasteiger partial charge on any atom is 0.257 e. The average molecular weight is 373 g/mol. The Balaban J connectivity index is 2.28. The second-order valence-electron chi connectivity index (χ2n) is 3.35. The number of hydrogen-bond acceptors (Lipinski definition) is 3. The van der Waals surface area contributed by atoms with E-state index in [2.05, 4.69) is 15.5 Å². The Bertz CT molecular complexity index is 647. The lowest BCUT2D eigenvalue weighted by atomic mass is 10.2. The fourth-order valence-corrected chi connectivity index (χ4v) is 2.07. The van der Waals surface area contributed by atoms with Crippen molar-refractivity contribution in [3.63, 3.8) is 0 Å². The van der Waals surface area contributed by atoms with Gasteiger partial charge in [0.2, 0.25) is 0 Å². The van der Waals surface area contributed by atoms with Gasteiger partial charge in [0, 0.05) is 8.59 Å². The van der Waals surface area contributed by atoms with Crippen LogP contribution in [0.3, 0.4) is 0 Å². The van der Waals surface area contributed by atoms with E-state index in [0.717, 1.165) is 3.57 Å². The monoisotopic (exact) mass is 372 g/mol. The Morgan fingerprint density at radius 1 is 1.56 bits per heavy atom. The Morgan fingerprint density at radius 2 is 2.33 bits per heavy atom. The first-order valence-electron chi connectivity index (χ1n) is 4.81. The lowest BCUT2D eigenvalue weighted by molar-refractivity contribution is 0.102. The molecule has 2 N–H and O–H groups in total. The zero-order valence-corrected chi connectivity index (χ0v) is 11.8. The van der Waals surface area contributed by atoms with Gasteiger partial charge in [0.25, 0.3) is 5.91 Å². The van der Waals surface area contributed by atoms with Gasteiger partial charge in [0.1, 0.15) is 17.5 Å². The zero-order chi connectivity index (χ0) is 13.1. The summed E-state index contributed by atoms with van der Waals surface area (Å²) in [5.41, 5.74) is 0.724. The molecule has 0 fully saturated rings. The van der Waals surface area contributed by atoms with Crippen LogP contribution < -0.4 is 5.32 Å². The van der Waals surface area contributed by atoms with E-state index in [1.54, 1.807) is 18.2 Å². The molecular weight excluding hydrogens is 367 g/mol. The van der Waals surface area contributed by atoms with Crippen LogP contribution in [0.2, 0.25) is 5.02 Å². The molecule has 0 radical (unpaired) electrons. The number of hydrogen-bond donors (Lipinski definition) is 2. The van der Waals surface area contributed by atoms with Crippen LogP contribution >= 0.6 is 34.2 Å². The van der Waals surface area contributed by atoms with Crippen molar-refractivity contribution in [2.24, 2.45) is 0 Å². The van der Waals surface area contributed by atoms with Crippen LogP contribution in [0.1, 0.15) is 15.9 Å². The standard InChI is InChI=1S/C11H6ClIN4O/c12-7-1-2-9(13)8(3-7)11(18)16-10-6(4-14)5-15-17-10/h1-3,5H,(H2,15,16,17,18). The first kappa shape index (κ1) is 12.9. The van der Waals surface area contributed by atoms with Crippen molar-refractivity contribution < 1.29 is 4.79 Å². The molecule has 0 saturated carbocycles. The summed E-state index contributed by atoms with van der Waals surface area (Å²) in [7, 11) is 0. The van der Waals surface area contributed by atoms with E-state index in [4.69, 9.17) is 16.9 Å². The van der Waals surface area contributed by atoms with Crippen LogP contribution in [-0.4, -0.2) is 16.1 Å². The van der Waals surface area contributed by atoms with Crippen LogP contribution in [0.4, 0.5) is 5.82 Å². The number of carbonyl (C=O) groups is 1. The minimum Gasteiger partial charge on any atom is -0.306 e. The quantitative estimate of drug-likeness (QED) is 0.795. The van der Waals surface area contributed by atoms with Gasteiger partial charge in [-0.05, 0) is 40.8 Å². The van der Waals surface area contributed by atoms with E-state index in [0.29, 0.717) is 10.6 Å². The number of nitriles is 1. The molecule has 5 nitrogen and oxygen atoms in total. The summed E-state index contributed by atoms with van der Waals surface area (Å²) in [6, 6.07) is 6.94. The minimum absolute atomic E-state index is 0.276. The van der Waals surface area contributed by atoms with Gasteiger partial charge in [-0.3, -0.25) is 9.89 Å². The van der Waals surface area contributed by atoms with Crippen molar-refractivity contribution in [3.05, 3.63) is 44.1 Å². The smallest absolute Gasteiger partial charge is 0.257 e. The van der Waals surface area contributed by atoms with Gasteiger partial charge in [-0.1, -0.05) is 11.6 Å². The van der Waals surface area contributed by atoms with E-state index < -0.39 is 0 Å². The third-order valence-electron chi connectivity index (χ3n) is 2.17. The number of halogens is 2. The fraction of sp³-hybridized carbons (Fsp3) is 0. The number of nitrogens with zero attached hydrogens (tertiary/aromatic N) is 2. The maximum atomic E-state index is 12.0. The summed E-state index contributed by atoms with van der Waals surface area (Å²) in [5, 5.41) is 18.1. The van der Waals surface area contributed by atoms with Gasteiger partial charge < -0.3 is 5.32 Å². The summed E-state index contributed by atoms with van der Waals surface area (Å²) in [4.78, 5) is 12.0. The molecule has 0 aliphatic heterocycles. The zero-order valence-electron chi connectivity index (χ0n) is 8.87. The summed E-state index contributed by atoms with van der Waals surface area (Å²) >= 11 is 7.89. The molecule has 0 bridgehead atoms. The minimum atomic E-state index is -0.345. The van der Waals surface area contributed by atoms with E-state index in [9.17, 15) is 4.79 Å². The van der Waals surface area contributed by atoms with Crippen LogP contribution in [0, 0.1) is 14.9 Å². The molecule has 0 aliphatic rings. The lowest BCUT2D eigenvalue weighted by Crippen LogP contribution is -2.14. The van der Waals surface area contributed by atoms with Crippen LogP contribution in [0.5, 0.6) is 0 Å². The lowest BCUT2D eigenvalue weighted by Gasteiger charge is -2.05. The summed E-state index contributed by atoms with van der Waals surface area (Å²) in [6.45, 7) is 0. The van der Waals surface area contributed by atoms with E-state index >= 15 is 0 Å². The highest BCUT2D eigenvalue weighted by Crippen LogP contribution is 2.19. The number of anilines is 1. The van der Waals surface area contributed by atoms with Crippen molar-refractivity contribution in [3.8, 4) is 6.07 Å². The average Bonchev–Trinajstić information content (AvgIpc) is 2.79. The number of amides is 1. The van der Waals surface area contributed by atoms with Crippen LogP contribution in [0.25, 0.3) is 0 Å². The molecule has 1 heterocycles. The van der Waals surface area contributed by atoms with Crippen molar-refractivity contribution in [2.45, 2.75) is 0 Å². The first-order chi connectivity index (χ1) is 8.61. The predicted octanol–water partition coefficient (Wildman–Crippen LogP) is 2.79. The van der Waals surface area contributed by atoms with Gasteiger partial charge in [-0.2, -0.15) is 10.4 Å². The third kappa shape index (κ3) is 2.63. The highest BCUT2D eigenvalue weighted by Gasteiger charge is 2.13. The number of benzene rings is 1.